The van der Waals surface area contributed by atoms with E-state index in [1.807, 2.05) is 66.9 Å². The van der Waals surface area contributed by atoms with E-state index < -0.39 is 0 Å². The molecule has 0 aliphatic heterocycles. The quantitative estimate of drug-likeness (QED) is 0.214. The molecule has 0 spiro atoms. The van der Waals surface area contributed by atoms with Crippen molar-refractivity contribution in [1.29, 1.82) is 0 Å². The molecule has 0 aliphatic carbocycles. The predicted molar refractivity (Wildman–Crippen MR) is 174 cm³/mol. The van der Waals surface area contributed by atoms with Crippen molar-refractivity contribution in [2.24, 2.45) is 0 Å². The van der Waals surface area contributed by atoms with Crippen LogP contribution in [0.2, 0.25) is 0 Å². The van der Waals surface area contributed by atoms with Gasteiger partial charge < -0.3 is 4.42 Å². The van der Waals surface area contributed by atoms with Gasteiger partial charge in [0, 0.05) is 28.7 Å². The molecule has 0 bridgehead atoms. The Kier molecular flexibility index (Phi) is 6.08. The number of pyridine rings is 3. The molecule has 0 radical (unpaired) electrons. The first-order valence-electron chi connectivity index (χ1n) is 14.3. The lowest BCUT2D eigenvalue weighted by Crippen LogP contribution is -1.94. The van der Waals surface area contributed by atoms with Crippen molar-refractivity contribution in [3.63, 3.8) is 0 Å². The predicted octanol–water partition coefficient (Wildman–Crippen LogP) is 10.1. The van der Waals surface area contributed by atoms with Gasteiger partial charge in [-0.3, -0.25) is 9.97 Å². The zero-order chi connectivity index (χ0) is 28.6. The highest BCUT2D eigenvalue weighted by Crippen LogP contribution is 2.33. The maximum atomic E-state index is 6.10. The fourth-order valence-electron chi connectivity index (χ4n) is 5.58. The highest BCUT2D eigenvalue weighted by molar-refractivity contribution is 6.05. The third-order valence-electron chi connectivity index (χ3n) is 7.82. The minimum atomic E-state index is 0.810. The molecular weight excluding hydrogens is 526 g/mol. The van der Waals surface area contributed by atoms with Crippen LogP contribution in [0.5, 0.6) is 0 Å². The van der Waals surface area contributed by atoms with Crippen molar-refractivity contribution in [1.82, 2.24) is 15.0 Å². The number of hydrogen-bond donors (Lipinski definition) is 0. The highest BCUT2D eigenvalue weighted by atomic mass is 16.3. The topological polar surface area (TPSA) is 51.8 Å². The number of nitrogens with zero attached hydrogens (tertiary/aromatic N) is 3. The number of furan rings is 1. The van der Waals surface area contributed by atoms with E-state index in [1.54, 1.807) is 6.20 Å². The number of fused-ring (bicyclic) bond motifs is 3. The van der Waals surface area contributed by atoms with Crippen LogP contribution >= 0.6 is 0 Å². The fourth-order valence-corrected chi connectivity index (χ4v) is 5.58. The zero-order valence-corrected chi connectivity index (χ0v) is 23.2. The minimum absolute atomic E-state index is 0.810. The molecule has 43 heavy (non-hydrogen) atoms. The van der Waals surface area contributed by atoms with Gasteiger partial charge in [0.2, 0.25) is 0 Å². The second kappa shape index (κ2) is 10.5. The van der Waals surface area contributed by atoms with Gasteiger partial charge in [-0.2, -0.15) is 0 Å². The number of rotatable bonds is 5. The third-order valence-corrected chi connectivity index (χ3v) is 7.82. The number of hydrogen-bond acceptors (Lipinski definition) is 4. The van der Waals surface area contributed by atoms with Crippen LogP contribution in [0.1, 0.15) is 0 Å². The Hall–Kier alpha value is -5.87. The maximum absolute atomic E-state index is 6.10. The summed E-state index contributed by atoms with van der Waals surface area (Å²) in [6, 6.07) is 47.7. The molecule has 4 aromatic carbocycles. The van der Waals surface area contributed by atoms with Gasteiger partial charge in [-0.05, 0) is 76.3 Å². The average Bonchev–Trinajstić information content (AvgIpc) is 3.47. The van der Waals surface area contributed by atoms with E-state index in [1.165, 1.54) is 0 Å². The van der Waals surface area contributed by atoms with Gasteiger partial charge in [-0.25, -0.2) is 4.98 Å². The van der Waals surface area contributed by atoms with Crippen LogP contribution in [0.4, 0.5) is 0 Å². The Morgan fingerprint density at radius 2 is 1.00 bits per heavy atom. The number of para-hydroxylation sites is 1. The summed E-state index contributed by atoms with van der Waals surface area (Å²) in [4.78, 5) is 14.3. The summed E-state index contributed by atoms with van der Waals surface area (Å²) in [5.74, 6) is 0. The molecule has 4 heteroatoms. The zero-order valence-electron chi connectivity index (χ0n) is 23.2. The van der Waals surface area contributed by atoms with Gasteiger partial charge in [0.15, 0.2) is 0 Å². The molecule has 0 N–H and O–H groups in total. The molecular formula is C39H25N3O. The Morgan fingerprint density at radius 1 is 0.372 bits per heavy atom. The summed E-state index contributed by atoms with van der Waals surface area (Å²) in [6.07, 6.45) is 3.71. The molecule has 8 aromatic rings. The van der Waals surface area contributed by atoms with Crippen LogP contribution in [0.25, 0.3) is 78.1 Å². The first-order valence-corrected chi connectivity index (χ1v) is 14.3. The van der Waals surface area contributed by atoms with E-state index in [0.717, 1.165) is 78.1 Å². The average molecular weight is 552 g/mol. The minimum Gasteiger partial charge on any atom is -0.456 e. The largest absolute Gasteiger partial charge is 0.456 e. The highest BCUT2D eigenvalue weighted by Gasteiger charge is 2.12. The molecule has 0 atom stereocenters. The van der Waals surface area contributed by atoms with Crippen LogP contribution < -0.4 is 0 Å². The molecule has 4 aromatic heterocycles. The van der Waals surface area contributed by atoms with Crippen molar-refractivity contribution in [2.45, 2.75) is 0 Å². The van der Waals surface area contributed by atoms with Crippen LogP contribution in [-0.4, -0.2) is 15.0 Å². The van der Waals surface area contributed by atoms with E-state index in [2.05, 4.69) is 83.8 Å². The van der Waals surface area contributed by atoms with Crippen molar-refractivity contribution in [2.75, 3.05) is 0 Å². The summed E-state index contributed by atoms with van der Waals surface area (Å²) in [5.41, 5.74) is 11.7. The van der Waals surface area contributed by atoms with Crippen molar-refractivity contribution >= 4 is 21.9 Å². The van der Waals surface area contributed by atoms with E-state index in [0.29, 0.717) is 0 Å². The third kappa shape index (κ3) is 4.75. The smallest absolute Gasteiger partial charge is 0.136 e. The Bertz CT molecular complexity index is 2150. The summed E-state index contributed by atoms with van der Waals surface area (Å²) < 4.78 is 6.10. The first kappa shape index (κ1) is 24.9. The normalized spacial score (nSPS) is 11.3. The van der Waals surface area contributed by atoms with Gasteiger partial charge in [0.05, 0.1) is 22.8 Å². The van der Waals surface area contributed by atoms with E-state index >= 15 is 0 Å². The lowest BCUT2D eigenvalue weighted by molar-refractivity contribution is 0.669. The SMILES string of the molecule is c1ccc(-c2cc(-c3ccccn3)nc(-c3ccc(-c4ccc(-c5ccc6c(c5)oc5ccccc56)cc4)cn3)c2)cc1. The first-order chi connectivity index (χ1) is 21.3. The summed E-state index contributed by atoms with van der Waals surface area (Å²) in [7, 11) is 0. The molecule has 0 unspecified atom stereocenters. The molecule has 0 amide bonds. The van der Waals surface area contributed by atoms with Gasteiger partial charge in [-0.15, -0.1) is 0 Å². The van der Waals surface area contributed by atoms with Crippen molar-refractivity contribution in [3.05, 3.63) is 152 Å². The van der Waals surface area contributed by atoms with Crippen LogP contribution in [0.15, 0.2) is 156 Å². The van der Waals surface area contributed by atoms with Crippen LogP contribution in [0.3, 0.4) is 0 Å². The lowest BCUT2D eigenvalue weighted by atomic mass is 9.99. The Balaban J connectivity index is 1.10. The monoisotopic (exact) mass is 551 g/mol. The number of benzene rings is 4. The van der Waals surface area contributed by atoms with Gasteiger partial charge >= 0.3 is 0 Å². The molecule has 4 nitrogen and oxygen atoms in total. The molecule has 4 heterocycles. The lowest BCUT2D eigenvalue weighted by Gasteiger charge is -2.10. The van der Waals surface area contributed by atoms with Gasteiger partial charge in [-0.1, -0.05) is 91.0 Å². The van der Waals surface area contributed by atoms with E-state index in [-0.39, 0.29) is 0 Å². The summed E-state index contributed by atoms with van der Waals surface area (Å²) >= 11 is 0. The maximum Gasteiger partial charge on any atom is 0.136 e. The van der Waals surface area contributed by atoms with Gasteiger partial charge in [0.25, 0.3) is 0 Å². The van der Waals surface area contributed by atoms with Crippen LogP contribution in [0, 0.1) is 0 Å². The molecule has 0 saturated carbocycles. The molecule has 202 valence electrons. The molecule has 0 saturated heterocycles. The Labute approximate surface area is 249 Å². The van der Waals surface area contributed by atoms with Crippen molar-refractivity contribution < 1.29 is 4.42 Å². The van der Waals surface area contributed by atoms with E-state index in [4.69, 9.17) is 14.4 Å². The van der Waals surface area contributed by atoms with Gasteiger partial charge in [0.1, 0.15) is 11.2 Å². The summed E-state index contributed by atoms with van der Waals surface area (Å²) in [5, 5.41) is 2.28. The molecule has 0 aliphatic rings. The molecule has 8 rings (SSSR count). The number of aromatic nitrogens is 3. The second-order valence-electron chi connectivity index (χ2n) is 10.5. The fraction of sp³-hybridized carbons (Fsp3) is 0. The van der Waals surface area contributed by atoms with E-state index in [9.17, 15) is 0 Å². The molecule has 0 fully saturated rings. The second-order valence-corrected chi connectivity index (χ2v) is 10.5. The van der Waals surface area contributed by atoms with Crippen LogP contribution in [-0.2, 0) is 0 Å². The summed E-state index contributed by atoms with van der Waals surface area (Å²) in [6.45, 7) is 0. The standard InChI is InChI=1S/C39H25N3O/c1-2-8-26(9-3-1)31-22-36(34-11-6-7-21-40-34)42-37(23-31)35-20-18-30(25-41-35)28-15-13-27(14-16-28)29-17-19-33-32-10-4-5-12-38(32)43-39(33)24-29/h1-25H. The Morgan fingerprint density at radius 3 is 1.74 bits per heavy atom. The van der Waals surface area contributed by atoms with Crippen molar-refractivity contribution in [3.8, 4) is 56.2 Å².